The third kappa shape index (κ3) is 6.61. The van der Waals surface area contributed by atoms with E-state index in [0.717, 1.165) is 19.3 Å². The van der Waals surface area contributed by atoms with Gasteiger partial charge < -0.3 is 10.1 Å². The zero-order chi connectivity index (χ0) is 15.9. The van der Waals surface area contributed by atoms with Gasteiger partial charge in [0.1, 0.15) is 0 Å². The van der Waals surface area contributed by atoms with Crippen LogP contribution in [0.15, 0.2) is 0 Å². The fraction of sp³-hybridized carbons (Fsp3) is 1.00. The normalized spacial score (nSPS) is 22.6. The summed E-state index contributed by atoms with van der Waals surface area (Å²) in [5, 5.41) is 3.35. The van der Waals surface area contributed by atoms with E-state index in [1.54, 1.807) is 11.4 Å². The molecule has 21 heavy (non-hydrogen) atoms. The van der Waals surface area contributed by atoms with Crippen molar-refractivity contribution in [3.05, 3.63) is 0 Å². The molecular formula is C14H31N3O3S. The highest BCUT2D eigenvalue weighted by atomic mass is 32.2. The van der Waals surface area contributed by atoms with Crippen LogP contribution < -0.4 is 10.0 Å². The molecule has 2 N–H and O–H groups in total. The highest BCUT2D eigenvalue weighted by molar-refractivity contribution is 7.87. The van der Waals surface area contributed by atoms with Gasteiger partial charge in [0.25, 0.3) is 10.2 Å². The van der Waals surface area contributed by atoms with Crippen molar-refractivity contribution < 1.29 is 13.2 Å². The van der Waals surface area contributed by atoms with Crippen LogP contribution in [0.3, 0.4) is 0 Å². The van der Waals surface area contributed by atoms with E-state index in [1.165, 1.54) is 0 Å². The Morgan fingerprint density at radius 3 is 2.62 bits per heavy atom. The predicted molar refractivity (Wildman–Crippen MR) is 85.4 cm³/mol. The summed E-state index contributed by atoms with van der Waals surface area (Å²) in [6, 6.07) is 0.419. The lowest BCUT2D eigenvalue weighted by Crippen LogP contribution is -2.53. The van der Waals surface area contributed by atoms with Crippen LogP contribution in [0.1, 0.15) is 40.0 Å². The molecule has 2 unspecified atom stereocenters. The van der Waals surface area contributed by atoms with Crippen LogP contribution in [0, 0.1) is 5.92 Å². The van der Waals surface area contributed by atoms with Gasteiger partial charge in [0, 0.05) is 45.4 Å². The minimum Gasteiger partial charge on any atom is -0.384 e. The van der Waals surface area contributed by atoms with Crippen LogP contribution >= 0.6 is 0 Å². The van der Waals surface area contributed by atoms with Crippen LogP contribution in [-0.4, -0.2) is 58.2 Å². The Kier molecular flexibility index (Phi) is 8.12. The highest BCUT2D eigenvalue weighted by Crippen LogP contribution is 2.19. The second-order valence-electron chi connectivity index (χ2n) is 6.24. The lowest BCUT2D eigenvalue weighted by molar-refractivity contribution is 0.160. The van der Waals surface area contributed by atoms with Crippen LogP contribution in [0.5, 0.6) is 0 Å². The first kappa shape index (κ1) is 18.8. The number of hydrogen-bond acceptors (Lipinski definition) is 4. The molecule has 0 aromatic rings. The van der Waals surface area contributed by atoms with E-state index in [-0.39, 0.29) is 12.0 Å². The SMILES string of the molecule is COCC(C)CNS(=O)(=O)N1CCCCC1CNC(C)C. The first-order chi connectivity index (χ1) is 9.86. The van der Waals surface area contributed by atoms with Gasteiger partial charge in [-0.3, -0.25) is 0 Å². The fourth-order valence-electron chi connectivity index (χ4n) is 2.54. The molecular weight excluding hydrogens is 290 g/mol. The number of nitrogens with one attached hydrogen (secondary N) is 2. The minimum atomic E-state index is -3.41. The van der Waals surface area contributed by atoms with Crippen LogP contribution in [0.4, 0.5) is 0 Å². The lowest BCUT2D eigenvalue weighted by Gasteiger charge is -2.35. The van der Waals surface area contributed by atoms with E-state index in [0.29, 0.717) is 32.3 Å². The van der Waals surface area contributed by atoms with Crippen LogP contribution in [0.2, 0.25) is 0 Å². The number of hydrogen-bond donors (Lipinski definition) is 2. The second kappa shape index (κ2) is 9.05. The topological polar surface area (TPSA) is 70.7 Å². The molecule has 2 atom stereocenters. The molecule has 0 bridgehead atoms. The standard InChI is InChI=1S/C14H31N3O3S/c1-12(2)15-10-14-7-5-6-8-17(14)21(18,19)16-9-13(3)11-20-4/h12-16H,5-11H2,1-4H3. The van der Waals surface area contributed by atoms with Gasteiger partial charge in [0.05, 0.1) is 0 Å². The molecule has 6 nitrogen and oxygen atoms in total. The summed E-state index contributed by atoms with van der Waals surface area (Å²) < 4.78 is 34.4. The molecule has 1 aliphatic rings. The molecule has 0 aromatic carbocycles. The predicted octanol–water partition coefficient (Wildman–Crippen LogP) is 0.956. The van der Waals surface area contributed by atoms with Gasteiger partial charge in [0.2, 0.25) is 0 Å². The van der Waals surface area contributed by atoms with Crippen molar-refractivity contribution in [3.8, 4) is 0 Å². The number of methoxy groups -OCH3 is 1. The van der Waals surface area contributed by atoms with Gasteiger partial charge >= 0.3 is 0 Å². The summed E-state index contributed by atoms with van der Waals surface area (Å²) in [6.07, 6.45) is 2.96. The first-order valence-electron chi connectivity index (χ1n) is 7.85. The van der Waals surface area contributed by atoms with Crippen molar-refractivity contribution in [2.24, 2.45) is 5.92 Å². The maximum Gasteiger partial charge on any atom is 0.279 e. The van der Waals surface area contributed by atoms with Gasteiger partial charge in [-0.1, -0.05) is 27.2 Å². The molecule has 0 spiro atoms. The number of piperidine rings is 1. The number of nitrogens with zero attached hydrogens (tertiary/aromatic N) is 1. The van der Waals surface area contributed by atoms with E-state index in [2.05, 4.69) is 23.9 Å². The molecule has 0 aromatic heterocycles. The first-order valence-corrected chi connectivity index (χ1v) is 9.29. The zero-order valence-corrected chi connectivity index (χ0v) is 14.6. The van der Waals surface area contributed by atoms with Gasteiger partial charge in [0.15, 0.2) is 0 Å². The largest absolute Gasteiger partial charge is 0.384 e. The van der Waals surface area contributed by atoms with Gasteiger partial charge in [-0.05, 0) is 18.8 Å². The molecule has 1 fully saturated rings. The molecule has 1 saturated heterocycles. The molecule has 126 valence electrons. The van der Waals surface area contributed by atoms with Crippen molar-refractivity contribution in [1.82, 2.24) is 14.3 Å². The quantitative estimate of drug-likeness (QED) is 0.663. The summed E-state index contributed by atoms with van der Waals surface area (Å²) in [5.41, 5.74) is 0. The Morgan fingerprint density at radius 1 is 1.29 bits per heavy atom. The van der Waals surface area contributed by atoms with Gasteiger partial charge in [-0.2, -0.15) is 12.7 Å². The number of ether oxygens (including phenoxy) is 1. The summed E-state index contributed by atoms with van der Waals surface area (Å²) in [5.74, 6) is 0.168. The lowest BCUT2D eigenvalue weighted by atomic mass is 10.0. The second-order valence-corrected chi connectivity index (χ2v) is 7.95. The average Bonchev–Trinajstić information content (AvgIpc) is 2.44. The molecule has 0 aliphatic carbocycles. The molecule has 0 radical (unpaired) electrons. The molecule has 1 aliphatic heterocycles. The average molecular weight is 321 g/mol. The maximum absolute atomic E-state index is 12.5. The smallest absolute Gasteiger partial charge is 0.279 e. The van der Waals surface area contributed by atoms with E-state index in [9.17, 15) is 8.42 Å². The Morgan fingerprint density at radius 2 is 2.00 bits per heavy atom. The third-order valence-electron chi connectivity index (χ3n) is 3.71. The minimum absolute atomic E-state index is 0.0522. The van der Waals surface area contributed by atoms with Crippen molar-refractivity contribution in [2.75, 3.05) is 33.4 Å². The van der Waals surface area contributed by atoms with E-state index < -0.39 is 10.2 Å². The molecule has 7 heteroatoms. The van der Waals surface area contributed by atoms with Crippen molar-refractivity contribution in [1.29, 1.82) is 0 Å². The van der Waals surface area contributed by atoms with Crippen LogP contribution in [0.25, 0.3) is 0 Å². The Hall–Kier alpha value is -0.210. The Bertz CT molecular complexity index is 387. The van der Waals surface area contributed by atoms with Gasteiger partial charge in [-0.25, -0.2) is 4.72 Å². The van der Waals surface area contributed by atoms with E-state index >= 15 is 0 Å². The molecule has 0 amide bonds. The number of rotatable bonds is 9. The highest BCUT2D eigenvalue weighted by Gasteiger charge is 2.32. The molecule has 0 saturated carbocycles. The monoisotopic (exact) mass is 321 g/mol. The summed E-state index contributed by atoms with van der Waals surface area (Å²) in [6.45, 7) is 8.42. The summed E-state index contributed by atoms with van der Waals surface area (Å²) in [4.78, 5) is 0. The summed E-state index contributed by atoms with van der Waals surface area (Å²) >= 11 is 0. The molecule has 1 heterocycles. The van der Waals surface area contributed by atoms with E-state index in [1.807, 2.05) is 6.92 Å². The molecule has 1 rings (SSSR count). The Labute approximate surface area is 129 Å². The maximum atomic E-state index is 12.5. The van der Waals surface area contributed by atoms with Crippen LogP contribution in [-0.2, 0) is 14.9 Å². The third-order valence-corrected chi connectivity index (χ3v) is 5.34. The fourth-order valence-corrected chi connectivity index (χ4v) is 4.14. The van der Waals surface area contributed by atoms with Gasteiger partial charge in [-0.15, -0.1) is 0 Å². The van der Waals surface area contributed by atoms with Crippen molar-refractivity contribution in [3.63, 3.8) is 0 Å². The zero-order valence-electron chi connectivity index (χ0n) is 13.8. The van der Waals surface area contributed by atoms with Crippen molar-refractivity contribution in [2.45, 2.75) is 52.1 Å². The van der Waals surface area contributed by atoms with E-state index in [4.69, 9.17) is 4.74 Å². The summed E-state index contributed by atoms with van der Waals surface area (Å²) in [7, 11) is -1.78. The van der Waals surface area contributed by atoms with Crippen molar-refractivity contribution >= 4 is 10.2 Å². The Balaban J connectivity index is 2.59.